The molecule has 0 radical (unpaired) electrons. The summed E-state index contributed by atoms with van der Waals surface area (Å²) < 4.78 is 8.94. The van der Waals surface area contributed by atoms with Gasteiger partial charge >= 0.3 is 25.3 Å². The normalized spacial score (nSPS) is 42.6. The highest BCUT2D eigenvalue weighted by Gasteiger charge is 2.56. The Labute approximate surface area is 354 Å². The summed E-state index contributed by atoms with van der Waals surface area (Å²) in [5, 5.41) is 17.0. The van der Waals surface area contributed by atoms with Crippen molar-refractivity contribution < 1.29 is 40.3 Å². The van der Waals surface area contributed by atoms with Gasteiger partial charge in [0.1, 0.15) is 0 Å². The van der Waals surface area contributed by atoms with E-state index in [2.05, 4.69) is 65.5 Å². The van der Waals surface area contributed by atoms with Gasteiger partial charge < -0.3 is 19.7 Å². The van der Waals surface area contributed by atoms with E-state index in [9.17, 15) is 19.2 Å². The molecule has 12 aliphatic rings. The summed E-state index contributed by atoms with van der Waals surface area (Å²) in [7, 11) is 2.53. The first-order valence-electron chi connectivity index (χ1n) is 22.8. The van der Waals surface area contributed by atoms with E-state index in [1.54, 1.807) is 25.7 Å². The first kappa shape index (κ1) is 43.4. The number of carbonyl (C=O) groups excluding carboxylic acids is 2. The SMILES string of the molecule is C.C1=CC2C3C=CC(C3)C2C1.C1=CC2C3CCC(C3)C2C1.C1=CC2C3CCC(C3)C2C1.COC(=O)/C=C\C(=O)O.COC(=O)C(CC(=O)O)C1CC2CC1C1CC=CC21.[H+]. The van der Waals surface area contributed by atoms with Gasteiger partial charge in [0.15, 0.2) is 0 Å². The Morgan fingerprint density at radius 2 is 1.10 bits per heavy atom. The van der Waals surface area contributed by atoms with Crippen LogP contribution in [0.1, 0.15) is 98.7 Å². The molecular formula is C51H71O8+. The van der Waals surface area contributed by atoms with Crippen LogP contribution < -0.4 is 0 Å². The molecule has 0 aliphatic heterocycles. The Morgan fingerprint density at radius 3 is 1.63 bits per heavy atom. The summed E-state index contributed by atoms with van der Waals surface area (Å²) in [5.41, 5.74) is 0. The van der Waals surface area contributed by atoms with E-state index in [1.807, 2.05) is 0 Å². The molecule has 0 aromatic rings. The molecule has 59 heavy (non-hydrogen) atoms. The van der Waals surface area contributed by atoms with Crippen LogP contribution in [0.2, 0.25) is 0 Å². The summed E-state index contributed by atoms with van der Waals surface area (Å²) in [6, 6.07) is 0. The highest BCUT2D eigenvalue weighted by molar-refractivity contribution is 5.90. The molecule has 8 bridgehead atoms. The molecule has 12 rings (SSSR count). The van der Waals surface area contributed by atoms with Gasteiger partial charge in [0.25, 0.3) is 0 Å². The van der Waals surface area contributed by atoms with Gasteiger partial charge in [-0.2, -0.15) is 0 Å². The van der Waals surface area contributed by atoms with Crippen LogP contribution in [-0.4, -0.2) is 48.3 Å². The molecule has 18 atom stereocenters. The lowest BCUT2D eigenvalue weighted by molar-refractivity contribution is -0.154. The van der Waals surface area contributed by atoms with Gasteiger partial charge in [0.2, 0.25) is 0 Å². The topological polar surface area (TPSA) is 127 Å². The van der Waals surface area contributed by atoms with E-state index in [0.29, 0.717) is 29.7 Å². The van der Waals surface area contributed by atoms with Crippen molar-refractivity contribution in [2.45, 2.75) is 97.3 Å². The van der Waals surface area contributed by atoms with Gasteiger partial charge in [-0.15, -0.1) is 0 Å². The maximum absolute atomic E-state index is 11.9. The lowest BCUT2D eigenvalue weighted by Gasteiger charge is -2.34. The summed E-state index contributed by atoms with van der Waals surface area (Å²) in [6.07, 6.45) is 43.8. The Bertz CT molecular complexity index is 1680. The number of carboxylic acid groups (broad SMARTS) is 2. The number of carboxylic acids is 2. The predicted octanol–water partition coefficient (Wildman–Crippen LogP) is 10.2. The monoisotopic (exact) mass is 812 g/mol. The van der Waals surface area contributed by atoms with Gasteiger partial charge in [-0.05, 0) is 184 Å². The zero-order chi connectivity index (χ0) is 40.5. The van der Waals surface area contributed by atoms with Crippen LogP contribution in [0.3, 0.4) is 0 Å². The number of esters is 2. The van der Waals surface area contributed by atoms with Crippen molar-refractivity contribution in [2.24, 2.45) is 107 Å². The Balaban J connectivity index is 0.000000129. The predicted molar refractivity (Wildman–Crippen MR) is 229 cm³/mol. The number of hydrogen-bond acceptors (Lipinski definition) is 6. The average Bonchev–Trinajstić information content (AvgIpc) is 4.08. The van der Waals surface area contributed by atoms with Crippen molar-refractivity contribution in [1.82, 2.24) is 0 Å². The molecule has 7 saturated carbocycles. The van der Waals surface area contributed by atoms with E-state index in [4.69, 9.17) is 14.9 Å². The first-order valence-corrected chi connectivity index (χ1v) is 22.8. The van der Waals surface area contributed by atoms with Gasteiger partial charge in [-0.1, -0.05) is 68.2 Å². The molecule has 322 valence electrons. The number of rotatable bonds is 6. The third-order valence-corrected chi connectivity index (χ3v) is 17.3. The molecule has 12 aliphatic carbocycles. The van der Waals surface area contributed by atoms with Crippen LogP contribution in [0, 0.1) is 107 Å². The van der Waals surface area contributed by atoms with E-state index in [1.165, 1.54) is 52.7 Å². The largest absolute Gasteiger partial charge is 1.00 e. The summed E-state index contributed by atoms with van der Waals surface area (Å²) in [4.78, 5) is 42.8. The molecule has 0 amide bonds. The smallest absolute Gasteiger partial charge is 0.481 e. The van der Waals surface area contributed by atoms with Crippen LogP contribution in [0.4, 0.5) is 0 Å². The summed E-state index contributed by atoms with van der Waals surface area (Å²) in [6.45, 7) is 0. The van der Waals surface area contributed by atoms with Gasteiger partial charge in [0, 0.05) is 12.2 Å². The average molecular weight is 812 g/mol. The number of hydrogen-bond donors (Lipinski definition) is 2. The molecular weight excluding hydrogens is 741 g/mol. The van der Waals surface area contributed by atoms with E-state index in [-0.39, 0.29) is 27.2 Å². The molecule has 7 fully saturated rings. The lowest BCUT2D eigenvalue weighted by Crippen LogP contribution is -2.35. The third kappa shape index (κ3) is 9.03. The first-order chi connectivity index (χ1) is 28.1. The zero-order valence-corrected chi connectivity index (χ0v) is 34.6. The molecule has 0 aromatic carbocycles. The van der Waals surface area contributed by atoms with Crippen LogP contribution in [0.5, 0.6) is 0 Å². The number of ether oxygens (including phenoxy) is 2. The van der Waals surface area contributed by atoms with Crippen molar-refractivity contribution in [3.05, 3.63) is 72.9 Å². The second-order valence-corrected chi connectivity index (χ2v) is 19.7. The standard InChI is InChI=1S/C15H20O4.2C10H14.C10H12.C5H6O4.CH4/c1-19-15(18)13(7-14(16)17)12-6-8-5-11(12)10-4-2-3-9(8)10;3*1-2-9-7-4-5-8(6-7)10(9)3-1;1-9-5(8)3-2-4(6)7;/h2-3,8-13H,4-7H2,1H3,(H,16,17);2*1-2,7-10H,3-6H2;1-2,4-5,7-10H,3,6H2;2-3H,1H3,(H,6,7);1H4/p+1/b;;;;3-2-;. The van der Waals surface area contributed by atoms with Crippen molar-refractivity contribution in [1.29, 1.82) is 0 Å². The molecule has 0 aromatic heterocycles. The number of fused-ring (bicyclic) bond motifs is 20. The molecule has 2 N–H and O–H groups in total. The summed E-state index contributed by atoms with van der Waals surface area (Å²) in [5.74, 6) is 11.7. The number of allylic oxidation sites excluding steroid dienone is 10. The summed E-state index contributed by atoms with van der Waals surface area (Å²) >= 11 is 0. The minimum absolute atomic E-state index is 0. The van der Waals surface area contributed by atoms with Crippen molar-refractivity contribution >= 4 is 23.9 Å². The second kappa shape index (κ2) is 18.9. The van der Waals surface area contributed by atoms with Crippen LogP contribution in [-0.2, 0) is 28.7 Å². The number of methoxy groups -OCH3 is 2. The second-order valence-electron chi connectivity index (χ2n) is 19.7. The highest BCUT2D eigenvalue weighted by atomic mass is 16.5. The molecule has 0 spiro atoms. The molecule has 0 saturated heterocycles. The van der Waals surface area contributed by atoms with Gasteiger partial charge in [-0.3, -0.25) is 9.59 Å². The Kier molecular flexibility index (Phi) is 13.9. The maximum atomic E-state index is 11.9. The van der Waals surface area contributed by atoms with Crippen LogP contribution in [0.25, 0.3) is 0 Å². The fourth-order valence-corrected chi connectivity index (χ4v) is 15.0. The highest BCUT2D eigenvalue weighted by Crippen LogP contribution is 2.61. The maximum Gasteiger partial charge on any atom is 1.00 e. The van der Waals surface area contributed by atoms with Crippen molar-refractivity contribution in [3.63, 3.8) is 0 Å². The van der Waals surface area contributed by atoms with Crippen molar-refractivity contribution in [2.75, 3.05) is 14.2 Å². The Hall–Kier alpha value is -3.68. The van der Waals surface area contributed by atoms with E-state index < -0.39 is 23.8 Å². The molecule has 0 heterocycles. The van der Waals surface area contributed by atoms with E-state index in [0.717, 1.165) is 96.4 Å². The van der Waals surface area contributed by atoms with Gasteiger partial charge in [-0.25, -0.2) is 9.59 Å². The third-order valence-electron chi connectivity index (χ3n) is 17.3. The number of carbonyl (C=O) groups is 4. The Morgan fingerprint density at radius 1 is 0.576 bits per heavy atom. The zero-order valence-electron chi connectivity index (χ0n) is 35.6. The minimum Gasteiger partial charge on any atom is -0.481 e. The molecule has 8 heteroatoms. The number of aliphatic carboxylic acids is 2. The van der Waals surface area contributed by atoms with Gasteiger partial charge in [0.05, 0.1) is 26.6 Å². The minimum atomic E-state index is -1.17. The molecule has 8 nitrogen and oxygen atoms in total. The van der Waals surface area contributed by atoms with Crippen molar-refractivity contribution in [3.8, 4) is 0 Å². The fraction of sp³-hybridized carbons (Fsp3) is 0.686. The molecule has 18 unspecified atom stereocenters. The fourth-order valence-electron chi connectivity index (χ4n) is 15.0. The quantitative estimate of drug-likeness (QED) is 0.154. The lowest BCUT2D eigenvalue weighted by atomic mass is 9.70. The van der Waals surface area contributed by atoms with E-state index >= 15 is 0 Å². The van der Waals surface area contributed by atoms with Crippen LogP contribution >= 0.6 is 0 Å². The van der Waals surface area contributed by atoms with Crippen LogP contribution in [0.15, 0.2) is 72.9 Å².